The molecule has 1 saturated carbocycles. The molecule has 158 valence electrons. The lowest BCUT2D eigenvalue weighted by Gasteiger charge is -2.37. The maximum absolute atomic E-state index is 9.98. The van der Waals surface area contributed by atoms with E-state index >= 15 is 0 Å². The number of likely N-dealkylation sites (N-methyl/N-ethyl adjacent to an activating group) is 1. The van der Waals surface area contributed by atoms with Crippen molar-refractivity contribution in [3.8, 4) is 0 Å². The second kappa shape index (κ2) is 11.4. The predicted octanol–water partition coefficient (Wildman–Crippen LogP) is 3.83. The highest BCUT2D eigenvalue weighted by Crippen LogP contribution is 2.28. The summed E-state index contributed by atoms with van der Waals surface area (Å²) >= 11 is 0. The molecule has 0 bridgehead atoms. The van der Waals surface area contributed by atoms with Crippen LogP contribution in [0.5, 0.6) is 0 Å². The van der Waals surface area contributed by atoms with Gasteiger partial charge in [0.2, 0.25) is 0 Å². The Morgan fingerprint density at radius 2 is 1.41 bits per heavy atom. The Morgan fingerprint density at radius 3 is 1.90 bits per heavy atom. The summed E-state index contributed by atoms with van der Waals surface area (Å²) in [6.07, 6.45) is 3.75. The molecule has 0 heterocycles. The predicted molar refractivity (Wildman–Crippen MR) is 115 cm³/mol. The number of nitrogens with zero attached hydrogens (tertiary/aromatic N) is 2. The first-order chi connectivity index (χ1) is 14.2. The molecule has 5 heteroatoms. The maximum Gasteiger partial charge on any atom is 0.152 e. The smallest absolute Gasteiger partial charge is 0.152 e. The molecule has 1 fully saturated rings. The van der Waals surface area contributed by atoms with Gasteiger partial charge in [-0.15, -0.1) is 0 Å². The molecule has 2 aromatic rings. The van der Waals surface area contributed by atoms with Gasteiger partial charge in [0.15, 0.2) is 6.23 Å². The first-order valence-electron chi connectivity index (χ1n) is 10.5. The van der Waals surface area contributed by atoms with Gasteiger partial charge in [0.1, 0.15) is 0 Å². The van der Waals surface area contributed by atoms with E-state index in [4.69, 9.17) is 9.57 Å². The highest BCUT2D eigenvalue weighted by molar-refractivity contribution is 5.17. The quantitative estimate of drug-likeness (QED) is 0.487. The number of aliphatic hydroxyl groups is 1. The largest absolute Gasteiger partial charge is 0.374 e. The molecule has 0 aromatic heterocycles. The van der Waals surface area contributed by atoms with Gasteiger partial charge in [-0.25, -0.2) is 0 Å². The molecule has 0 spiro atoms. The highest BCUT2D eigenvalue weighted by atomic mass is 16.7. The minimum atomic E-state index is -0.731. The molecule has 1 aliphatic rings. The van der Waals surface area contributed by atoms with Crippen LogP contribution in [0.1, 0.15) is 36.8 Å². The minimum absolute atomic E-state index is 0.210. The van der Waals surface area contributed by atoms with E-state index in [0.717, 1.165) is 38.8 Å². The number of ether oxygens (including phenoxy) is 1. The van der Waals surface area contributed by atoms with E-state index in [1.807, 2.05) is 0 Å². The van der Waals surface area contributed by atoms with E-state index in [0.29, 0.717) is 6.04 Å². The van der Waals surface area contributed by atoms with E-state index in [9.17, 15) is 5.11 Å². The molecule has 1 aliphatic carbocycles. The third-order valence-corrected chi connectivity index (χ3v) is 5.81. The van der Waals surface area contributed by atoms with Gasteiger partial charge in [-0.1, -0.05) is 60.7 Å². The summed E-state index contributed by atoms with van der Waals surface area (Å²) in [4.78, 5) is 7.62. The lowest BCUT2D eigenvalue weighted by atomic mass is 9.91. The summed E-state index contributed by atoms with van der Waals surface area (Å²) in [6.45, 7) is 2.20. The second-order valence-corrected chi connectivity index (χ2v) is 7.85. The molecule has 1 unspecified atom stereocenters. The number of aliphatic hydroxyl groups excluding tert-OH is 1. The Labute approximate surface area is 174 Å². The van der Waals surface area contributed by atoms with E-state index < -0.39 is 6.23 Å². The first-order valence-corrected chi connectivity index (χ1v) is 10.5. The fraction of sp³-hybridized carbons (Fsp3) is 0.500. The molecule has 0 saturated heterocycles. The molecular weight excluding hydrogens is 364 g/mol. The fourth-order valence-electron chi connectivity index (χ4n) is 3.98. The minimum Gasteiger partial charge on any atom is -0.374 e. The van der Waals surface area contributed by atoms with Crippen LogP contribution in [0.15, 0.2) is 60.7 Å². The van der Waals surface area contributed by atoms with Crippen LogP contribution in [-0.2, 0) is 22.7 Å². The van der Waals surface area contributed by atoms with Crippen LogP contribution in [0, 0.1) is 0 Å². The summed E-state index contributed by atoms with van der Waals surface area (Å²) in [6, 6.07) is 22.0. The third-order valence-electron chi connectivity index (χ3n) is 5.81. The first kappa shape index (κ1) is 21.9. The van der Waals surface area contributed by atoms with Crippen LogP contribution in [-0.4, -0.2) is 54.2 Å². The van der Waals surface area contributed by atoms with Gasteiger partial charge < -0.3 is 9.84 Å². The van der Waals surface area contributed by atoms with Crippen molar-refractivity contribution in [2.75, 3.05) is 20.8 Å². The lowest BCUT2D eigenvalue weighted by Crippen LogP contribution is -2.40. The van der Waals surface area contributed by atoms with Crippen molar-refractivity contribution in [3.05, 3.63) is 71.8 Å². The van der Waals surface area contributed by atoms with Crippen molar-refractivity contribution < 1.29 is 14.7 Å². The summed E-state index contributed by atoms with van der Waals surface area (Å²) in [5, 5.41) is 11.4. The van der Waals surface area contributed by atoms with Gasteiger partial charge in [-0.2, -0.15) is 5.06 Å². The van der Waals surface area contributed by atoms with Crippen molar-refractivity contribution in [1.29, 1.82) is 0 Å². The molecule has 0 aliphatic heterocycles. The van der Waals surface area contributed by atoms with Crippen molar-refractivity contribution in [1.82, 2.24) is 9.96 Å². The number of hydroxylamine groups is 2. The number of benzene rings is 2. The van der Waals surface area contributed by atoms with Gasteiger partial charge >= 0.3 is 0 Å². The lowest BCUT2D eigenvalue weighted by molar-refractivity contribution is -0.223. The molecule has 1 atom stereocenters. The Kier molecular flexibility index (Phi) is 8.65. The van der Waals surface area contributed by atoms with Crippen LogP contribution < -0.4 is 0 Å². The molecule has 2 aromatic carbocycles. The third kappa shape index (κ3) is 6.91. The van der Waals surface area contributed by atoms with Gasteiger partial charge in [0, 0.05) is 26.2 Å². The molecule has 29 heavy (non-hydrogen) atoms. The van der Waals surface area contributed by atoms with E-state index in [1.54, 1.807) is 14.2 Å². The Bertz CT molecular complexity index is 648. The normalized spacial score (nSPS) is 20.9. The number of rotatable bonds is 10. The zero-order valence-corrected chi connectivity index (χ0v) is 17.6. The van der Waals surface area contributed by atoms with E-state index in [-0.39, 0.29) is 12.7 Å². The van der Waals surface area contributed by atoms with Gasteiger partial charge in [-0.05, 0) is 36.8 Å². The molecule has 0 radical (unpaired) electrons. The maximum atomic E-state index is 9.98. The SMILES string of the molecule is CON(C)C(O)COC1CCC(N(Cc2ccccc2)Cc2ccccc2)CC1. The van der Waals surface area contributed by atoms with Crippen molar-refractivity contribution in [2.45, 2.75) is 57.1 Å². The molecular formula is C24H34N2O3. The molecule has 5 nitrogen and oxygen atoms in total. The Morgan fingerprint density at radius 1 is 0.897 bits per heavy atom. The van der Waals surface area contributed by atoms with Gasteiger partial charge in [0.25, 0.3) is 0 Å². The van der Waals surface area contributed by atoms with Crippen LogP contribution in [0.4, 0.5) is 0 Å². The van der Waals surface area contributed by atoms with E-state index in [1.165, 1.54) is 16.2 Å². The van der Waals surface area contributed by atoms with Crippen molar-refractivity contribution >= 4 is 0 Å². The summed E-state index contributed by atoms with van der Waals surface area (Å²) in [5.74, 6) is 0. The summed E-state index contributed by atoms with van der Waals surface area (Å²) in [7, 11) is 3.25. The van der Waals surface area contributed by atoms with Gasteiger partial charge in [-0.3, -0.25) is 9.74 Å². The summed E-state index contributed by atoms with van der Waals surface area (Å²) < 4.78 is 5.94. The Balaban J connectivity index is 1.56. The highest BCUT2D eigenvalue weighted by Gasteiger charge is 2.27. The molecule has 3 rings (SSSR count). The van der Waals surface area contributed by atoms with Crippen LogP contribution in [0.3, 0.4) is 0 Å². The van der Waals surface area contributed by atoms with Crippen LogP contribution in [0.2, 0.25) is 0 Å². The monoisotopic (exact) mass is 398 g/mol. The topological polar surface area (TPSA) is 45.2 Å². The average molecular weight is 399 g/mol. The zero-order chi connectivity index (χ0) is 20.5. The van der Waals surface area contributed by atoms with Gasteiger partial charge in [0.05, 0.1) is 19.8 Å². The van der Waals surface area contributed by atoms with Crippen LogP contribution in [0.25, 0.3) is 0 Å². The number of hydrogen-bond donors (Lipinski definition) is 1. The zero-order valence-electron chi connectivity index (χ0n) is 17.6. The average Bonchev–Trinajstić information content (AvgIpc) is 2.78. The molecule has 1 N–H and O–H groups in total. The fourth-order valence-corrected chi connectivity index (χ4v) is 3.98. The second-order valence-electron chi connectivity index (χ2n) is 7.85. The van der Waals surface area contributed by atoms with Crippen molar-refractivity contribution in [2.24, 2.45) is 0 Å². The molecule has 0 amide bonds. The van der Waals surface area contributed by atoms with Crippen molar-refractivity contribution in [3.63, 3.8) is 0 Å². The summed E-state index contributed by atoms with van der Waals surface area (Å²) in [5.41, 5.74) is 2.71. The number of hydrogen-bond acceptors (Lipinski definition) is 5. The Hall–Kier alpha value is -1.76. The van der Waals surface area contributed by atoms with E-state index in [2.05, 4.69) is 65.6 Å². The standard InChI is InChI=1S/C24H34N2O3/c1-25(28-2)24(27)19-29-23-15-13-22(14-16-23)26(17-20-9-5-3-6-10-20)18-21-11-7-4-8-12-21/h3-12,22-24,27H,13-19H2,1-2H3. The van der Waals surface area contributed by atoms with Crippen LogP contribution >= 0.6 is 0 Å².